The Kier molecular flexibility index (Phi) is 5.26. The number of nitrogens with zero attached hydrogens (tertiary/aromatic N) is 1. The number of benzene rings is 1. The zero-order valence-electron chi connectivity index (χ0n) is 12.6. The Morgan fingerprint density at radius 2 is 1.95 bits per heavy atom. The second kappa shape index (κ2) is 7.38. The SMILES string of the molecule is CCOc1ncccc1NCc1cccc(OC)c1OC. The van der Waals surface area contributed by atoms with Crippen molar-refractivity contribution < 1.29 is 14.2 Å². The highest BCUT2D eigenvalue weighted by molar-refractivity contribution is 5.54. The Bertz CT molecular complexity index is 587. The number of nitrogens with one attached hydrogen (secondary N) is 1. The van der Waals surface area contributed by atoms with Crippen LogP contribution in [0.2, 0.25) is 0 Å². The van der Waals surface area contributed by atoms with E-state index in [9.17, 15) is 0 Å². The van der Waals surface area contributed by atoms with E-state index in [0.717, 1.165) is 17.0 Å². The van der Waals surface area contributed by atoms with Crippen LogP contribution < -0.4 is 19.5 Å². The molecule has 0 amide bonds. The van der Waals surface area contributed by atoms with E-state index in [1.165, 1.54) is 0 Å². The molecule has 0 aliphatic carbocycles. The van der Waals surface area contributed by atoms with E-state index >= 15 is 0 Å². The van der Waals surface area contributed by atoms with Crippen LogP contribution in [0.5, 0.6) is 17.4 Å². The normalized spacial score (nSPS) is 10.0. The molecule has 0 radical (unpaired) electrons. The lowest BCUT2D eigenvalue weighted by molar-refractivity contribution is 0.328. The minimum absolute atomic E-state index is 0.578. The molecule has 5 nitrogen and oxygen atoms in total. The van der Waals surface area contributed by atoms with Gasteiger partial charge in [-0.3, -0.25) is 0 Å². The molecule has 1 heterocycles. The molecule has 21 heavy (non-hydrogen) atoms. The van der Waals surface area contributed by atoms with Gasteiger partial charge in [0.05, 0.1) is 26.5 Å². The van der Waals surface area contributed by atoms with Crippen molar-refractivity contribution in [1.82, 2.24) is 4.98 Å². The van der Waals surface area contributed by atoms with Gasteiger partial charge in [-0.2, -0.15) is 0 Å². The van der Waals surface area contributed by atoms with Crippen LogP contribution in [-0.2, 0) is 6.54 Å². The van der Waals surface area contributed by atoms with Crippen molar-refractivity contribution >= 4 is 5.69 Å². The zero-order chi connectivity index (χ0) is 15.1. The molecule has 0 saturated heterocycles. The smallest absolute Gasteiger partial charge is 0.237 e. The Balaban J connectivity index is 2.17. The third-order valence-electron chi connectivity index (χ3n) is 3.01. The summed E-state index contributed by atoms with van der Waals surface area (Å²) < 4.78 is 16.2. The fourth-order valence-electron chi connectivity index (χ4n) is 2.06. The molecule has 1 N–H and O–H groups in total. The van der Waals surface area contributed by atoms with Crippen molar-refractivity contribution in [2.75, 3.05) is 26.1 Å². The van der Waals surface area contributed by atoms with Gasteiger partial charge in [-0.25, -0.2) is 4.98 Å². The largest absolute Gasteiger partial charge is 0.493 e. The first-order valence-corrected chi connectivity index (χ1v) is 6.81. The van der Waals surface area contributed by atoms with Crippen LogP contribution in [0.1, 0.15) is 12.5 Å². The maximum atomic E-state index is 5.50. The molecule has 5 heteroatoms. The zero-order valence-corrected chi connectivity index (χ0v) is 12.6. The quantitative estimate of drug-likeness (QED) is 0.848. The first-order chi connectivity index (χ1) is 10.3. The monoisotopic (exact) mass is 288 g/mol. The first-order valence-electron chi connectivity index (χ1n) is 6.81. The number of aromatic nitrogens is 1. The molecule has 1 aromatic carbocycles. The van der Waals surface area contributed by atoms with Gasteiger partial charge in [0.15, 0.2) is 11.5 Å². The highest BCUT2D eigenvalue weighted by atomic mass is 16.5. The van der Waals surface area contributed by atoms with Crippen molar-refractivity contribution in [2.24, 2.45) is 0 Å². The first kappa shape index (κ1) is 15.0. The summed E-state index contributed by atoms with van der Waals surface area (Å²) in [6.07, 6.45) is 1.71. The fourth-order valence-corrected chi connectivity index (χ4v) is 2.06. The van der Waals surface area contributed by atoms with Crippen molar-refractivity contribution in [3.63, 3.8) is 0 Å². The number of methoxy groups -OCH3 is 2. The van der Waals surface area contributed by atoms with Crippen molar-refractivity contribution in [1.29, 1.82) is 0 Å². The fraction of sp³-hybridized carbons (Fsp3) is 0.312. The summed E-state index contributed by atoms with van der Waals surface area (Å²) in [6, 6.07) is 9.60. The van der Waals surface area contributed by atoms with E-state index in [-0.39, 0.29) is 0 Å². The highest BCUT2D eigenvalue weighted by Gasteiger charge is 2.10. The molecule has 1 aromatic heterocycles. The molecule has 0 bridgehead atoms. The van der Waals surface area contributed by atoms with Gasteiger partial charge in [0.1, 0.15) is 0 Å². The number of pyridine rings is 1. The Labute approximate surface area is 124 Å². The van der Waals surface area contributed by atoms with Crippen molar-refractivity contribution in [3.05, 3.63) is 42.1 Å². The van der Waals surface area contributed by atoms with Gasteiger partial charge in [-0.05, 0) is 25.1 Å². The van der Waals surface area contributed by atoms with Crippen LogP contribution in [0, 0.1) is 0 Å². The molecule has 112 valence electrons. The van der Waals surface area contributed by atoms with Gasteiger partial charge < -0.3 is 19.5 Å². The molecule has 2 rings (SSSR count). The third-order valence-corrected chi connectivity index (χ3v) is 3.01. The van der Waals surface area contributed by atoms with Gasteiger partial charge in [-0.15, -0.1) is 0 Å². The molecular formula is C16H20N2O3. The summed E-state index contributed by atoms with van der Waals surface area (Å²) in [5, 5.41) is 3.32. The summed E-state index contributed by atoms with van der Waals surface area (Å²) in [5.74, 6) is 2.05. The Hall–Kier alpha value is -2.43. The van der Waals surface area contributed by atoms with E-state index < -0.39 is 0 Å². The molecule has 0 atom stereocenters. The molecule has 0 aliphatic heterocycles. The second-order valence-corrected chi connectivity index (χ2v) is 4.30. The lowest BCUT2D eigenvalue weighted by Crippen LogP contribution is -2.05. The Morgan fingerprint density at radius 3 is 2.67 bits per heavy atom. The molecular weight excluding hydrogens is 268 g/mol. The van der Waals surface area contributed by atoms with Gasteiger partial charge >= 0.3 is 0 Å². The summed E-state index contributed by atoms with van der Waals surface area (Å²) in [4.78, 5) is 4.22. The minimum Gasteiger partial charge on any atom is -0.493 e. The van der Waals surface area contributed by atoms with Gasteiger partial charge in [0, 0.05) is 18.3 Å². The number of hydrogen-bond acceptors (Lipinski definition) is 5. The summed E-state index contributed by atoms with van der Waals surface area (Å²) >= 11 is 0. The third kappa shape index (κ3) is 3.56. The van der Waals surface area contributed by atoms with E-state index in [1.807, 2.05) is 37.3 Å². The Morgan fingerprint density at radius 1 is 1.10 bits per heavy atom. The standard InChI is InChI=1S/C16H20N2O3/c1-4-21-16-13(8-6-10-17-16)18-11-12-7-5-9-14(19-2)15(12)20-3/h5-10,18H,4,11H2,1-3H3. The van der Waals surface area contributed by atoms with Crippen LogP contribution in [0.15, 0.2) is 36.5 Å². The van der Waals surface area contributed by atoms with E-state index in [4.69, 9.17) is 14.2 Å². The topological polar surface area (TPSA) is 52.6 Å². The van der Waals surface area contributed by atoms with Gasteiger partial charge in [-0.1, -0.05) is 12.1 Å². The second-order valence-electron chi connectivity index (χ2n) is 4.30. The van der Waals surface area contributed by atoms with E-state index in [1.54, 1.807) is 20.4 Å². The molecule has 0 unspecified atom stereocenters. The number of hydrogen-bond donors (Lipinski definition) is 1. The minimum atomic E-state index is 0.578. The number of ether oxygens (including phenoxy) is 3. The number of anilines is 1. The maximum absolute atomic E-state index is 5.50. The molecule has 0 saturated carbocycles. The molecule has 0 spiro atoms. The van der Waals surface area contributed by atoms with Crippen LogP contribution in [-0.4, -0.2) is 25.8 Å². The predicted molar refractivity (Wildman–Crippen MR) is 82.3 cm³/mol. The van der Waals surface area contributed by atoms with Crippen LogP contribution in [0.25, 0.3) is 0 Å². The van der Waals surface area contributed by atoms with Crippen LogP contribution in [0.3, 0.4) is 0 Å². The number of rotatable bonds is 7. The van der Waals surface area contributed by atoms with E-state index in [2.05, 4.69) is 10.3 Å². The van der Waals surface area contributed by atoms with E-state index in [0.29, 0.717) is 24.8 Å². The average molecular weight is 288 g/mol. The predicted octanol–water partition coefficient (Wildman–Crippen LogP) is 3.11. The summed E-state index contributed by atoms with van der Waals surface area (Å²) in [6.45, 7) is 3.10. The molecule has 0 fully saturated rings. The van der Waals surface area contributed by atoms with Gasteiger partial charge in [0.2, 0.25) is 5.88 Å². The summed E-state index contributed by atoms with van der Waals surface area (Å²) in [7, 11) is 3.26. The average Bonchev–Trinajstić information content (AvgIpc) is 2.53. The molecule has 2 aromatic rings. The van der Waals surface area contributed by atoms with Crippen molar-refractivity contribution in [3.8, 4) is 17.4 Å². The van der Waals surface area contributed by atoms with Gasteiger partial charge in [0.25, 0.3) is 0 Å². The maximum Gasteiger partial charge on any atom is 0.237 e. The lowest BCUT2D eigenvalue weighted by Gasteiger charge is -2.15. The lowest BCUT2D eigenvalue weighted by atomic mass is 10.2. The number of para-hydroxylation sites is 1. The van der Waals surface area contributed by atoms with Crippen LogP contribution in [0.4, 0.5) is 5.69 Å². The summed E-state index contributed by atoms with van der Waals surface area (Å²) in [5.41, 5.74) is 1.85. The molecule has 0 aliphatic rings. The highest BCUT2D eigenvalue weighted by Crippen LogP contribution is 2.31. The van der Waals surface area contributed by atoms with Crippen molar-refractivity contribution in [2.45, 2.75) is 13.5 Å². The van der Waals surface area contributed by atoms with Crippen LogP contribution >= 0.6 is 0 Å².